The van der Waals surface area contributed by atoms with E-state index in [-0.39, 0.29) is 16.0 Å². The number of benzene rings is 2. The molecular formula is C25H25ClN4O3S. The number of halogens is 1. The molecule has 1 aliphatic heterocycles. The minimum absolute atomic E-state index is 0.0846. The standard InChI is InChI=1S/C25H25ClN4O3S/c1-17-5-3-6-18(15-17)24-28-22-7-4-12-27-25(22)30(24)19-10-13-29(14-11-19)34(31,32)20-8-9-23(33-2)21(26)16-20/h3-9,12,15-16,19H,10-11,13-14H2,1-2H3. The lowest BCUT2D eigenvalue weighted by atomic mass is 10.1. The van der Waals surface area contributed by atoms with E-state index in [1.807, 2.05) is 18.2 Å². The molecule has 1 aliphatic rings. The van der Waals surface area contributed by atoms with Crippen LogP contribution in [-0.4, -0.2) is 47.5 Å². The van der Waals surface area contributed by atoms with Crippen molar-refractivity contribution in [1.29, 1.82) is 0 Å². The van der Waals surface area contributed by atoms with Gasteiger partial charge in [0.2, 0.25) is 10.0 Å². The largest absolute Gasteiger partial charge is 0.495 e. The van der Waals surface area contributed by atoms with Gasteiger partial charge in [0.05, 0.1) is 17.0 Å². The molecule has 5 rings (SSSR count). The summed E-state index contributed by atoms with van der Waals surface area (Å²) in [6.45, 7) is 2.86. The summed E-state index contributed by atoms with van der Waals surface area (Å²) in [5.41, 5.74) is 3.84. The molecule has 3 heterocycles. The highest BCUT2D eigenvalue weighted by molar-refractivity contribution is 7.89. The quantitative estimate of drug-likeness (QED) is 0.384. The summed E-state index contributed by atoms with van der Waals surface area (Å²) in [6, 6.07) is 16.8. The van der Waals surface area contributed by atoms with Crippen molar-refractivity contribution in [3.05, 3.63) is 71.4 Å². The molecule has 0 saturated carbocycles. The van der Waals surface area contributed by atoms with Crippen LogP contribution in [0.3, 0.4) is 0 Å². The molecule has 0 atom stereocenters. The predicted molar refractivity (Wildman–Crippen MR) is 133 cm³/mol. The van der Waals surface area contributed by atoms with E-state index in [2.05, 4.69) is 34.7 Å². The smallest absolute Gasteiger partial charge is 0.243 e. The van der Waals surface area contributed by atoms with Crippen LogP contribution in [0.2, 0.25) is 5.02 Å². The van der Waals surface area contributed by atoms with Gasteiger partial charge in [0.15, 0.2) is 5.65 Å². The minimum atomic E-state index is -3.66. The number of sulfonamides is 1. The van der Waals surface area contributed by atoms with Crippen molar-refractivity contribution in [1.82, 2.24) is 18.8 Å². The average molecular weight is 497 g/mol. The summed E-state index contributed by atoms with van der Waals surface area (Å²) in [6.07, 6.45) is 3.08. The Morgan fingerprint density at radius 3 is 2.56 bits per heavy atom. The van der Waals surface area contributed by atoms with E-state index >= 15 is 0 Å². The SMILES string of the molecule is COc1ccc(S(=O)(=O)N2CCC(n3c(-c4cccc(C)c4)nc4cccnc43)CC2)cc1Cl. The lowest BCUT2D eigenvalue weighted by Crippen LogP contribution is -2.39. The summed E-state index contributed by atoms with van der Waals surface area (Å²) in [5.74, 6) is 1.31. The van der Waals surface area contributed by atoms with Crippen LogP contribution in [0.4, 0.5) is 0 Å². The van der Waals surface area contributed by atoms with Gasteiger partial charge in [0.1, 0.15) is 17.1 Å². The van der Waals surface area contributed by atoms with Crippen molar-refractivity contribution in [3.63, 3.8) is 0 Å². The molecular weight excluding hydrogens is 472 g/mol. The normalized spacial score (nSPS) is 15.6. The number of pyridine rings is 1. The first-order valence-corrected chi connectivity index (χ1v) is 12.9. The highest BCUT2D eigenvalue weighted by Gasteiger charge is 2.32. The minimum Gasteiger partial charge on any atom is -0.495 e. The predicted octanol–water partition coefficient (Wildman–Crippen LogP) is 5.09. The van der Waals surface area contributed by atoms with Gasteiger partial charge >= 0.3 is 0 Å². The molecule has 0 aliphatic carbocycles. The molecule has 0 amide bonds. The monoisotopic (exact) mass is 496 g/mol. The summed E-state index contributed by atoms with van der Waals surface area (Å²) < 4.78 is 35.4. The van der Waals surface area contributed by atoms with Gasteiger partial charge in [-0.1, -0.05) is 35.4 Å². The molecule has 176 valence electrons. The third kappa shape index (κ3) is 4.06. The first-order valence-electron chi connectivity index (χ1n) is 11.1. The van der Waals surface area contributed by atoms with E-state index in [0.29, 0.717) is 31.7 Å². The lowest BCUT2D eigenvalue weighted by Gasteiger charge is -2.32. The lowest BCUT2D eigenvalue weighted by molar-refractivity contribution is 0.278. The fraction of sp³-hybridized carbons (Fsp3) is 0.280. The number of methoxy groups -OCH3 is 1. The Morgan fingerprint density at radius 2 is 1.85 bits per heavy atom. The first-order chi connectivity index (χ1) is 16.4. The van der Waals surface area contributed by atoms with Crippen LogP contribution >= 0.6 is 11.6 Å². The summed E-state index contributed by atoms with van der Waals surface area (Å²) in [4.78, 5) is 9.66. The van der Waals surface area contributed by atoms with Gasteiger partial charge in [-0.3, -0.25) is 0 Å². The second kappa shape index (κ2) is 9.02. The van der Waals surface area contributed by atoms with E-state index in [4.69, 9.17) is 21.3 Å². The number of hydrogen-bond acceptors (Lipinski definition) is 5. The topological polar surface area (TPSA) is 77.3 Å². The van der Waals surface area contributed by atoms with E-state index in [1.165, 1.54) is 23.5 Å². The number of ether oxygens (including phenoxy) is 1. The second-order valence-corrected chi connectivity index (χ2v) is 10.8. The van der Waals surface area contributed by atoms with E-state index < -0.39 is 10.0 Å². The molecule has 0 unspecified atom stereocenters. The van der Waals surface area contributed by atoms with Crippen molar-refractivity contribution in [3.8, 4) is 17.1 Å². The second-order valence-electron chi connectivity index (χ2n) is 8.45. The molecule has 1 saturated heterocycles. The molecule has 34 heavy (non-hydrogen) atoms. The van der Waals surface area contributed by atoms with E-state index in [0.717, 1.165) is 28.1 Å². The highest BCUT2D eigenvalue weighted by atomic mass is 35.5. The van der Waals surface area contributed by atoms with Crippen molar-refractivity contribution >= 4 is 32.8 Å². The Morgan fingerprint density at radius 1 is 1.06 bits per heavy atom. The van der Waals surface area contributed by atoms with Gasteiger partial charge in [0.25, 0.3) is 0 Å². The Balaban J connectivity index is 1.45. The highest BCUT2D eigenvalue weighted by Crippen LogP contribution is 2.35. The number of aryl methyl sites for hydroxylation is 1. The molecule has 4 aromatic rings. The van der Waals surface area contributed by atoms with Crippen molar-refractivity contribution in [2.75, 3.05) is 20.2 Å². The summed E-state index contributed by atoms with van der Waals surface area (Å²) in [5, 5.41) is 0.275. The molecule has 0 spiro atoms. The molecule has 0 N–H and O–H groups in total. The van der Waals surface area contributed by atoms with E-state index in [9.17, 15) is 8.42 Å². The van der Waals surface area contributed by atoms with Gasteiger partial charge in [-0.2, -0.15) is 4.31 Å². The number of rotatable bonds is 5. The Kier molecular flexibility index (Phi) is 6.06. The van der Waals surface area contributed by atoms with Gasteiger partial charge in [0, 0.05) is 30.9 Å². The maximum atomic E-state index is 13.3. The maximum Gasteiger partial charge on any atom is 0.243 e. The van der Waals surface area contributed by atoms with Crippen molar-refractivity contribution in [2.45, 2.75) is 30.7 Å². The molecule has 7 nitrogen and oxygen atoms in total. The summed E-state index contributed by atoms with van der Waals surface area (Å²) in [7, 11) is -2.16. The number of aromatic nitrogens is 3. The first kappa shape index (κ1) is 22.8. The number of nitrogens with zero attached hydrogens (tertiary/aromatic N) is 4. The van der Waals surface area contributed by atoms with Crippen LogP contribution in [0.15, 0.2) is 65.7 Å². The van der Waals surface area contributed by atoms with Gasteiger partial charge in [-0.15, -0.1) is 0 Å². The van der Waals surface area contributed by atoms with Gasteiger partial charge < -0.3 is 9.30 Å². The van der Waals surface area contributed by atoms with Crippen LogP contribution in [-0.2, 0) is 10.0 Å². The zero-order chi connectivity index (χ0) is 23.9. The maximum absolute atomic E-state index is 13.3. The van der Waals surface area contributed by atoms with Gasteiger partial charge in [-0.05, 0) is 56.2 Å². The number of hydrogen-bond donors (Lipinski definition) is 0. The molecule has 0 radical (unpaired) electrons. The zero-order valence-corrected chi connectivity index (χ0v) is 20.6. The number of piperidine rings is 1. The molecule has 0 bridgehead atoms. The van der Waals surface area contributed by atoms with Gasteiger partial charge in [-0.25, -0.2) is 18.4 Å². The molecule has 2 aromatic carbocycles. The third-order valence-electron chi connectivity index (χ3n) is 6.27. The fourth-order valence-corrected chi connectivity index (χ4v) is 6.38. The van der Waals surface area contributed by atoms with Crippen molar-refractivity contribution in [2.24, 2.45) is 0 Å². The van der Waals surface area contributed by atoms with E-state index in [1.54, 1.807) is 12.3 Å². The van der Waals surface area contributed by atoms with Crippen LogP contribution < -0.4 is 4.74 Å². The molecule has 2 aromatic heterocycles. The number of imidazole rings is 1. The molecule has 9 heteroatoms. The van der Waals surface area contributed by atoms with Crippen LogP contribution in [0, 0.1) is 6.92 Å². The average Bonchev–Trinajstić information content (AvgIpc) is 3.24. The number of fused-ring (bicyclic) bond motifs is 1. The Labute approximate surface area is 204 Å². The van der Waals surface area contributed by atoms with Crippen LogP contribution in [0.1, 0.15) is 24.4 Å². The Hall–Kier alpha value is -2.94. The van der Waals surface area contributed by atoms with Crippen molar-refractivity contribution < 1.29 is 13.2 Å². The van der Waals surface area contributed by atoms with Crippen LogP contribution in [0.5, 0.6) is 5.75 Å². The summed E-state index contributed by atoms with van der Waals surface area (Å²) >= 11 is 6.18. The fourth-order valence-electron chi connectivity index (χ4n) is 4.56. The zero-order valence-electron chi connectivity index (χ0n) is 19.0. The molecule has 1 fully saturated rings. The third-order valence-corrected chi connectivity index (χ3v) is 8.46. The van der Waals surface area contributed by atoms with Crippen LogP contribution in [0.25, 0.3) is 22.6 Å². The Bertz CT molecular complexity index is 1460.